The molecule has 0 aromatic heterocycles. The zero-order valence-electron chi connectivity index (χ0n) is 11.8. The van der Waals surface area contributed by atoms with Gasteiger partial charge in [-0.1, -0.05) is 0 Å². The van der Waals surface area contributed by atoms with Gasteiger partial charge in [0.05, 0.1) is 4.92 Å². The SMILES string of the molecule is CN(C)C(=O)NCCNC(=O)c1ccc(N)c([N+](=O)[O-])c1. The maximum atomic E-state index is 11.8. The van der Waals surface area contributed by atoms with E-state index in [9.17, 15) is 19.7 Å². The van der Waals surface area contributed by atoms with Crippen LogP contribution in [0.2, 0.25) is 0 Å². The van der Waals surface area contributed by atoms with Gasteiger partial charge < -0.3 is 21.3 Å². The van der Waals surface area contributed by atoms with Crippen molar-refractivity contribution in [2.45, 2.75) is 0 Å². The number of nitrogens with one attached hydrogen (secondary N) is 2. The van der Waals surface area contributed by atoms with E-state index in [0.29, 0.717) is 0 Å². The van der Waals surface area contributed by atoms with E-state index in [1.165, 1.54) is 17.0 Å². The number of hydrogen-bond acceptors (Lipinski definition) is 5. The quantitative estimate of drug-likeness (QED) is 0.308. The van der Waals surface area contributed by atoms with Crippen LogP contribution in [0.5, 0.6) is 0 Å². The Morgan fingerprint density at radius 3 is 2.48 bits per heavy atom. The Morgan fingerprint density at radius 1 is 1.29 bits per heavy atom. The lowest BCUT2D eigenvalue weighted by atomic mass is 10.1. The number of nitrogens with zero attached hydrogens (tertiary/aromatic N) is 2. The van der Waals surface area contributed by atoms with Gasteiger partial charge in [0.15, 0.2) is 0 Å². The molecule has 0 bridgehead atoms. The molecule has 0 aliphatic heterocycles. The fourth-order valence-corrected chi connectivity index (χ4v) is 1.45. The minimum absolute atomic E-state index is 0.00482. The minimum Gasteiger partial charge on any atom is -0.393 e. The normalized spacial score (nSPS) is 9.81. The van der Waals surface area contributed by atoms with Crippen LogP contribution >= 0.6 is 0 Å². The van der Waals surface area contributed by atoms with Gasteiger partial charge in [0.2, 0.25) is 0 Å². The number of urea groups is 1. The first kappa shape index (κ1) is 16.2. The third-order valence-electron chi connectivity index (χ3n) is 2.58. The van der Waals surface area contributed by atoms with Crippen molar-refractivity contribution >= 4 is 23.3 Å². The fraction of sp³-hybridized carbons (Fsp3) is 0.333. The third kappa shape index (κ3) is 4.64. The molecule has 0 radical (unpaired) electrons. The highest BCUT2D eigenvalue weighted by atomic mass is 16.6. The summed E-state index contributed by atoms with van der Waals surface area (Å²) in [6.45, 7) is 0.455. The average molecular weight is 295 g/mol. The molecule has 9 nitrogen and oxygen atoms in total. The molecule has 0 fully saturated rings. The van der Waals surface area contributed by atoms with E-state index in [2.05, 4.69) is 10.6 Å². The molecular weight excluding hydrogens is 278 g/mol. The Hall–Kier alpha value is -2.84. The summed E-state index contributed by atoms with van der Waals surface area (Å²) >= 11 is 0. The molecular formula is C12H17N5O4. The molecule has 0 aliphatic carbocycles. The lowest BCUT2D eigenvalue weighted by molar-refractivity contribution is -0.383. The van der Waals surface area contributed by atoms with Gasteiger partial charge in [0.25, 0.3) is 11.6 Å². The molecule has 0 aliphatic rings. The molecule has 0 saturated carbocycles. The highest BCUT2D eigenvalue weighted by molar-refractivity contribution is 5.95. The second kappa shape index (κ2) is 7.08. The molecule has 1 aromatic carbocycles. The summed E-state index contributed by atoms with van der Waals surface area (Å²) in [5.74, 6) is -0.475. The Morgan fingerprint density at radius 2 is 1.90 bits per heavy atom. The Labute approximate surface area is 121 Å². The van der Waals surface area contributed by atoms with Crippen LogP contribution in [-0.2, 0) is 0 Å². The standard InChI is InChI=1S/C12H17N5O4/c1-16(2)12(19)15-6-5-14-11(18)8-3-4-9(13)10(7-8)17(20)21/h3-4,7H,5-6,13H2,1-2H3,(H,14,18)(H,15,19). The maximum absolute atomic E-state index is 11.8. The van der Waals surface area contributed by atoms with Crippen LogP contribution in [0.25, 0.3) is 0 Å². The Kier molecular flexibility index (Phi) is 5.47. The van der Waals surface area contributed by atoms with Crippen LogP contribution in [0.4, 0.5) is 16.2 Å². The molecule has 0 unspecified atom stereocenters. The van der Waals surface area contributed by atoms with Crippen molar-refractivity contribution < 1.29 is 14.5 Å². The van der Waals surface area contributed by atoms with Crippen molar-refractivity contribution in [3.8, 4) is 0 Å². The number of nitrogens with two attached hydrogens (primary N) is 1. The molecule has 21 heavy (non-hydrogen) atoms. The minimum atomic E-state index is -0.649. The van der Waals surface area contributed by atoms with Crippen LogP contribution in [-0.4, -0.2) is 48.9 Å². The van der Waals surface area contributed by atoms with Crippen LogP contribution in [0, 0.1) is 10.1 Å². The Balaban J connectivity index is 2.55. The number of benzene rings is 1. The van der Waals surface area contributed by atoms with Crippen molar-refractivity contribution in [1.82, 2.24) is 15.5 Å². The number of amides is 3. The molecule has 4 N–H and O–H groups in total. The zero-order valence-corrected chi connectivity index (χ0v) is 11.8. The molecule has 3 amide bonds. The first-order chi connectivity index (χ1) is 9.82. The van der Waals surface area contributed by atoms with E-state index < -0.39 is 10.8 Å². The predicted octanol–water partition coefficient (Wildman–Crippen LogP) is 0.178. The zero-order chi connectivity index (χ0) is 16.0. The van der Waals surface area contributed by atoms with Crippen molar-refractivity contribution in [2.24, 2.45) is 0 Å². The smallest absolute Gasteiger partial charge is 0.316 e. The molecule has 0 saturated heterocycles. The van der Waals surface area contributed by atoms with Crippen LogP contribution in [0.15, 0.2) is 18.2 Å². The van der Waals surface area contributed by atoms with Crippen molar-refractivity contribution in [3.63, 3.8) is 0 Å². The number of nitrogen functional groups attached to an aromatic ring is 1. The monoisotopic (exact) mass is 295 g/mol. The molecule has 0 spiro atoms. The summed E-state index contributed by atoms with van der Waals surface area (Å²) in [5.41, 5.74) is 5.26. The summed E-state index contributed by atoms with van der Waals surface area (Å²) in [4.78, 5) is 34.5. The van der Waals surface area contributed by atoms with Gasteiger partial charge in [0.1, 0.15) is 5.69 Å². The molecule has 0 atom stereocenters. The topological polar surface area (TPSA) is 131 Å². The summed E-state index contributed by atoms with van der Waals surface area (Å²) in [5, 5.41) is 15.9. The van der Waals surface area contributed by atoms with E-state index >= 15 is 0 Å². The van der Waals surface area contributed by atoms with E-state index in [4.69, 9.17) is 5.73 Å². The summed E-state index contributed by atoms with van der Waals surface area (Å²) in [6, 6.07) is 3.55. The Bertz CT molecular complexity index is 559. The van der Waals surface area contributed by atoms with Crippen LogP contribution in [0.3, 0.4) is 0 Å². The van der Waals surface area contributed by atoms with E-state index in [-0.39, 0.29) is 36.1 Å². The number of rotatable bonds is 5. The number of nitro benzene ring substituents is 1. The van der Waals surface area contributed by atoms with Gasteiger partial charge in [-0.2, -0.15) is 0 Å². The van der Waals surface area contributed by atoms with Crippen molar-refractivity contribution in [1.29, 1.82) is 0 Å². The maximum Gasteiger partial charge on any atom is 0.316 e. The summed E-state index contributed by atoms with van der Waals surface area (Å²) in [7, 11) is 3.20. The van der Waals surface area contributed by atoms with Gasteiger partial charge in [-0.15, -0.1) is 0 Å². The molecule has 9 heteroatoms. The molecule has 0 heterocycles. The van der Waals surface area contributed by atoms with Gasteiger partial charge >= 0.3 is 6.03 Å². The van der Waals surface area contributed by atoms with E-state index in [0.717, 1.165) is 6.07 Å². The van der Waals surface area contributed by atoms with Gasteiger partial charge in [-0.3, -0.25) is 14.9 Å². The number of carbonyl (C=O) groups excluding carboxylic acids is 2. The number of carbonyl (C=O) groups is 2. The molecule has 1 aromatic rings. The number of anilines is 1. The number of nitro groups is 1. The molecule has 1 rings (SSSR count). The lowest BCUT2D eigenvalue weighted by Crippen LogP contribution is -2.39. The van der Waals surface area contributed by atoms with E-state index in [1.54, 1.807) is 14.1 Å². The average Bonchev–Trinajstić information content (AvgIpc) is 2.43. The highest BCUT2D eigenvalue weighted by Crippen LogP contribution is 2.22. The predicted molar refractivity (Wildman–Crippen MR) is 76.9 cm³/mol. The van der Waals surface area contributed by atoms with Crippen LogP contribution in [0.1, 0.15) is 10.4 Å². The second-order valence-corrected chi connectivity index (χ2v) is 4.41. The lowest BCUT2D eigenvalue weighted by Gasteiger charge is -2.12. The van der Waals surface area contributed by atoms with Gasteiger partial charge in [-0.05, 0) is 12.1 Å². The van der Waals surface area contributed by atoms with Crippen molar-refractivity contribution in [2.75, 3.05) is 32.9 Å². The van der Waals surface area contributed by atoms with E-state index in [1.807, 2.05) is 0 Å². The van der Waals surface area contributed by atoms with Crippen molar-refractivity contribution in [3.05, 3.63) is 33.9 Å². The summed E-state index contributed by atoms with van der Waals surface area (Å²) in [6.07, 6.45) is 0. The molecule has 114 valence electrons. The number of hydrogen-bond donors (Lipinski definition) is 3. The summed E-state index contributed by atoms with van der Waals surface area (Å²) < 4.78 is 0. The first-order valence-corrected chi connectivity index (χ1v) is 6.10. The largest absolute Gasteiger partial charge is 0.393 e. The van der Waals surface area contributed by atoms with Gasteiger partial charge in [0, 0.05) is 38.8 Å². The van der Waals surface area contributed by atoms with Gasteiger partial charge in [-0.25, -0.2) is 4.79 Å². The van der Waals surface area contributed by atoms with Crippen LogP contribution < -0.4 is 16.4 Å². The highest BCUT2D eigenvalue weighted by Gasteiger charge is 2.15. The third-order valence-corrected chi connectivity index (χ3v) is 2.58. The second-order valence-electron chi connectivity index (χ2n) is 4.41. The first-order valence-electron chi connectivity index (χ1n) is 6.10. The fourth-order valence-electron chi connectivity index (χ4n) is 1.45.